The molecule has 0 aromatic heterocycles. The molecule has 14 bridgehead atoms. The van der Waals surface area contributed by atoms with E-state index in [2.05, 4.69) is 0 Å². The van der Waals surface area contributed by atoms with Crippen LogP contribution in [0.5, 0.6) is 0 Å². The van der Waals surface area contributed by atoms with Crippen LogP contribution < -0.4 is 0 Å². The predicted molar refractivity (Wildman–Crippen MR) is 224 cm³/mol. The van der Waals surface area contributed by atoms with Gasteiger partial charge in [-0.05, 0) is 20.8 Å². The molecule has 21 aliphatic rings. The number of aliphatic hydroxyl groups excluding tert-OH is 18. The zero-order valence-electron chi connectivity index (χ0n) is 39.8. The van der Waals surface area contributed by atoms with E-state index in [0.29, 0.717) is 0 Å². The SMILES string of the molecule is CC1OC2OC3C(C)OC(OC4C(CO)OC(OC5C(CO)OC(OC6C(CO)OC(OC7C(CO)OC(OC8C(C)OC(OC1C(O)C2O)C(O)C8O)C(O)C7O)C(O)C6O)C(O)C5O)C(O)C4O)C(O)C3O. The first kappa shape index (κ1) is 58.9. The van der Waals surface area contributed by atoms with Crippen molar-refractivity contribution >= 4 is 0 Å². The van der Waals surface area contributed by atoms with E-state index in [1.54, 1.807) is 0 Å². The highest BCUT2D eigenvalue weighted by Gasteiger charge is 2.59. The van der Waals surface area contributed by atoms with E-state index >= 15 is 0 Å². The zero-order valence-corrected chi connectivity index (χ0v) is 39.8. The Labute approximate surface area is 420 Å². The molecule has 0 amide bonds. The Bertz CT molecular complexity index is 1770. The number of ether oxygens (including phenoxy) is 14. The summed E-state index contributed by atoms with van der Waals surface area (Å²) in [6.07, 6.45) is -64.0. The van der Waals surface area contributed by atoms with Crippen LogP contribution in [0.3, 0.4) is 0 Å². The second-order valence-corrected chi connectivity index (χ2v) is 19.6. The minimum absolute atomic E-state index is 0.968. The molecule has 21 aliphatic heterocycles. The van der Waals surface area contributed by atoms with Gasteiger partial charge in [0, 0.05) is 0 Å². The predicted octanol–water partition coefficient (Wildman–Crippen LogP) is -12.1. The third kappa shape index (κ3) is 11.3. The maximum Gasteiger partial charge on any atom is 0.187 e. The van der Waals surface area contributed by atoms with Crippen molar-refractivity contribution in [3.05, 3.63) is 0 Å². The van der Waals surface area contributed by atoms with Gasteiger partial charge in [0.1, 0.15) is 153 Å². The van der Waals surface area contributed by atoms with E-state index in [9.17, 15) is 91.9 Å². The van der Waals surface area contributed by atoms with Crippen LogP contribution in [0.2, 0.25) is 0 Å². The Morgan fingerprint density at radius 3 is 0.527 bits per heavy atom. The topological polar surface area (TPSA) is 493 Å². The third-order valence-corrected chi connectivity index (χ3v) is 14.7. The fraction of sp³-hybridized carbons (Fsp3) is 1.00. The van der Waals surface area contributed by atoms with E-state index < -0.39 is 241 Å². The van der Waals surface area contributed by atoms with E-state index in [1.165, 1.54) is 20.8 Å². The zero-order chi connectivity index (χ0) is 53.9. The summed E-state index contributed by atoms with van der Waals surface area (Å²) in [5, 5.41) is 199. The summed E-state index contributed by atoms with van der Waals surface area (Å²) in [6, 6.07) is 0. The molecule has 0 aromatic rings. The minimum Gasteiger partial charge on any atom is -0.394 e. The molecule has 74 heavy (non-hydrogen) atoms. The van der Waals surface area contributed by atoms with Gasteiger partial charge in [-0.25, -0.2) is 0 Å². The molecule has 32 heteroatoms. The molecule has 430 valence electrons. The van der Waals surface area contributed by atoms with Gasteiger partial charge in [0.15, 0.2) is 44.0 Å². The summed E-state index contributed by atoms with van der Waals surface area (Å²) in [5.41, 5.74) is 0. The van der Waals surface area contributed by atoms with Gasteiger partial charge in [0.05, 0.1) is 44.7 Å². The maximum atomic E-state index is 11.3. The van der Waals surface area contributed by atoms with Crippen LogP contribution in [0, 0.1) is 0 Å². The molecule has 21 rings (SSSR count). The Hall–Kier alpha value is -1.28. The van der Waals surface area contributed by atoms with E-state index in [-0.39, 0.29) is 0 Å². The Balaban J connectivity index is 1.05. The molecular formula is C42H70O32. The van der Waals surface area contributed by atoms with Crippen molar-refractivity contribution in [3.63, 3.8) is 0 Å². The monoisotopic (exact) mass is 1090 g/mol. The molecule has 0 radical (unpaired) electrons. The van der Waals surface area contributed by atoms with Crippen molar-refractivity contribution in [2.75, 3.05) is 26.4 Å². The molecule has 21 saturated heterocycles. The molecule has 0 spiro atoms. The highest BCUT2D eigenvalue weighted by atomic mass is 16.8. The number of hydrogen-bond donors (Lipinski definition) is 18. The molecule has 21 fully saturated rings. The van der Waals surface area contributed by atoms with Crippen LogP contribution in [0.15, 0.2) is 0 Å². The number of hydrogen-bond acceptors (Lipinski definition) is 32. The lowest BCUT2D eigenvalue weighted by Gasteiger charge is -2.50. The van der Waals surface area contributed by atoms with Crippen LogP contribution >= 0.6 is 0 Å². The molecule has 35 unspecified atom stereocenters. The first-order valence-electron chi connectivity index (χ1n) is 24.2. The summed E-state index contributed by atoms with van der Waals surface area (Å²) in [4.78, 5) is 0. The fourth-order valence-electron chi connectivity index (χ4n) is 10.3. The quantitative estimate of drug-likeness (QED) is 0.124. The molecular weight excluding hydrogens is 1020 g/mol. The van der Waals surface area contributed by atoms with Gasteiger partial charge in [-0.15, -0.1) is 0 Å². The van der Waals surface area contributed by atoms with Crippen molar-refractivity contribution in [3.8, 4) is 0 Å². The Morgan fingerprint density at radius 1 is 0.203 bits per heavy atom. The maximum absolute atomic E-state index is 11.3. The molecule has 18 N–H and O–H groups in total. The van der Waals surface area contributed by atoms with Crippen LogP contribution in [-0.4, -0.2) is 333 Å². The summed E-state index contributed by atoms with van der Waals surface area (Å²) in [6.45, 7) is 0.126. The van der Waals surface area contributed by atoms with Crippen molar-refractivity contribution in [1.29, 1.82) is 0 Å². The second kappa shape index (κ2) is 24.2. The van der Waals surface area contributed by atoms with Crippen LogP contribution in [0.25, 0.3) is 0 Å². The van der Waals surface area contributed by atoms with E-state index in [4.69, 9.17) is 66.3 Å². The van der Waals surface area contributed by atoms with Gasteiger partial charge in [-0.2, -0.15) is 0 Å². The lowest BCUT2D eigenvalue weighted by molar-refractivity contribution is -0.396. The smallest absolute Gasteiger partial charge is 0.187 e. The molecule has 0 aliphatic carbocycles. The normalized spacial score (nSPS) is 57.1. The van der Waals surface area contributed by atoms with Gasteiger partial charge < -0.3 is 158 Å². The van der Waals surface area contributed by atoms with Gasteiger partial charge in [0.25, 0.3) is 0 Å². The largest absolute Gasteiger partial charge is 0.394 e. The Kier molecular flexibility index (Phi) is 19.3. The van der Waals surface area contributed by atoms with Gasteiger partial charge in [-0.1, -0.05) is 0 Å². The van der Waals surface area contributed by atoms with Crippen molar-refractivity contribution in [2.24, 2.45) is 0 Å². The van der Waals surface area contributed by atoms with Crippen molar-refractivity contribution < 1.29 is 158 Å². The lowest BCUT2D eigenvalue weighted by atomic mass is 9.95. The average Bonchev–Trinajstić information content (AvgIpc) is 3.37. The summed E-state index contributed by atoms with van der Waals surface area (Å²) >= 11 is 0. The summed E-state index contributed by atoms with van der Waals surface area (Å²) in [5.74, 6) is 0. The lowest BCUT2D eigenvalue weighted by Crippen LogP contribution is -2.68. The van der Waals surface area contributed by atoms with Crippen LogP contribution in [-0.2, 0) is 66.3 Å². The standard InChI is InChI=1S/C42H70O32/c1-8-29-15(47)22(54)36(61-8)69-30-9(2)63-38(24(56)17(30)49)71-32-11(4-43)65-40(26(58)19(32)51)73-34-13(6-45)67-42(28(60)21(34)53)74-35-14(7-46)66-41(27(59)20(35)52)72-33-12(5-44)64-39(25(57)18(33)50)70-31-10(3)62-37(68-29)23(55)16(31)48/h8-60H,4-7H2,1-3H3. The van der Waals surface area contributed by atoms with Gasteiger partial charge in [-0.3, -0.25) is 0 Å². The highest BCUT2D eigenvalue weighted by molar-refractivity contribution is 5.01. The van der Waals surface area contributed by atoms with Gasteiger partial charge >= 0.3 is 0 Å². The molecule has 32 nitrogen and oxygen atoms in total. The third-order valence-electron chi connectivity index (χ3n) is 14.7. The first-order chi connectivity index (χ1) is 35.0. The van der Waals surface area contributed by atoms with Crippen LogP contribution in [0.4, 0.5) is 0 Å². The van der Waals surface area contributed by atoms with Gasteiger partial charge in [0.2, 0.25) is 0 Å². The number of aliphatic hydroxyl groups is 18. The second-order valence-electron chi connectivity index (χ2n) is 19.6. The Morgan fingerprint density at radius 2 is 0.351 bits per heavy atom. The van der Waals surface area contributed by atoms with Crippen LogP contribution in [0.1, 0.15) is 20.8 Å². The molecule has 0 aromatic carbocycles. The molecule has 21 heterocycles. The summed E-state index contributed by atoms with van der Waals surface area (Å²) < 4.78 is 80.6. The highest BCUT2D eigenvalue weighted by Crippen LogP contribution is 2.38. The minimum atomic E-state index is -2.16. The molecule has 0 saturated carbocycles. The fourth-order valence-corrected chi connectivity index (χ4v) is 10.3. The van der Waals surface area contributed by atoms with Crippen molar-refractivity contribution in [1.82, 2.24) is 0 Å². The average molecular weight is 1090 g/mol. The van der Waals surface area contributed by atoms with Crippen molar-refractivity contribution in [2.45, 2.75) is 236 Å². The first-order valence-corrected chi connectivity index (χ1v) is 24.2. The van der Waals surface area contributed by atoms with E-state index in [1.807, 2.05) is 0 Å². The molecule has 35 atom stereocenters. The van der Waals surface area contributed by atoms with E-state index in [0.717, 1.165) is 0 Å². The summed E-state index contributed by atoms with van der Waals surface area (Å²) in [7, 11) is 0. The number of rotatable bonds is 4.